The molecule has 0 aromatic heterocycles. The molecule has 0 radical (unpaired) electrons. The third kappa shape index (κ3) is 3.74. The van der Waals surface area contributed by atoms with Gasteiger partial charge in [-0.2, -0.15) is 0 Å². The average molecular weight is 342 g/mol. The Labute approximate surface area is 140 Å². The predicted molar refractivity (Wildman–Crippen MR) is 90.9 cm³/mol. The lowest BCUT2D eigenvalue weighted by Gasteiger charge is -2.30. The van der Waals surface area contributed by atoms with Crippen LogP contribution in [-0.2, 0) is 4.79 Å². The Hall–Kier alpha value is -1.24. The smallest absolute Gasteiger partial charge is 0.251 e. The molecule has 1 aromatic rings. The SMILES string of the molecule is CC1CCNCC1NC(=O)c1ccc2c(c1)NC(=O)CS2.Cl. The van der Waals surface area contributed by atoms with Gasteiger partial charge in [-0.3, -0.25) is 9.59 Å². The largest absolute Gasteiger partial charge is 0.348 e. The molecule has 0 bridgehead atoms. The van der Waals surface area contributed by atoms with Crippen LogP contribution in [0.1, 0.15) is 23.7 Å². The molecule has 22 heavy (non-hydrogen) atoms. The standard InChI is InChI=1S/C15H19N3O2S.ClH/c1-9-4-5-16-7-12(9)18-15(20)10-2-3-13-11(6-10)17-14(19)8-21-13;/h2-3,6,9,12,16H,4-5,7-8H2,1H3,(H,17,19)(H,18,20);1H. The number of piperidine rings is 1. The van der Waals surface area contributed by atoms with Crippen LogP contribution in [0.15, 0.2) is 23.1 Å². The molecule has 1 fully saturated rings. The second kappa shape index (κ2) is 7.35. The lowest BCUT2D eigenvalue weighted by molar-refractivity contribution is -0.113. The van der Waals surface area contributed by atoms with E-state index in [0.29, 0.717) is 17.2 Å². The molecule has 2 amide bonds. The van der Waals surface area contributed by atoms with Gasteiger partial charge in [0.25, 0.3) is 5.91 Å². The van der Waals surface area contributed by atoms with Crippen LogP contribution in [0.2, 0.25) is 0 Å². The zero-order chi connectivity index (χ0) is 14.8. The quantitative estimate of drug-likeness (QED) is 0.768. The van der Waals surface area contributed by atoms with Gasteiger partial charge in [-0.15, -0.1) is 24.2 Å². The number of thioether (sulfide) groups is 1. The molecular formula is C15H20ClN3O2S. The van der Waals surface area contributed by atoms with Gasteiger partial charge in [-0.1, -0.05) is 6.92 Å². The lowest BCUT2D eigenvalue weighted by atomic mass is 9.94. The number of hydrogen-bond donors (Lipinski definition) is 3. The van der Waals surface area contributed by atoms with E-state index in [9.17, 15) is 9.59 Å². The minimum absolute atomic E-state index is 0. The molecule has 2 heterocycles. The minimum Gasteiger partial charge on any atom is -0.348 e. The first-order chi connectivity index (χ1) is 10.1. The monoisotopic (exact) mass is 341 g/mol. The third-order valence-corrected chi connectivity index (χ3v) is 5.09. The van der Waals surface area contributed by atoms with Gasteiger partial charge in [0.1, 0.15) is 0 Å². The van der Waals surface area contributed by atoms with E-state index in [1.165, 1.54) is 11.8 Å². The van der Waals surface area contributed by atoms with Crippen LogP contribution in [0.25, 0.3) is 0 Å². The molecular weight excluding hydrogens is 322 g/mol. The molecule has 7 heteroatoms. The zero-order valence-corrected chi connectivity index (χ0v) is 14.0. The zero-order valence-electron chi connectivity index (χ0n) is 12.3. The predicted octanol–water partition coefficient (Wildman–Crippen LogP) is 1.88. The molecule has 0 spiro atoms. The summed E-state index contributed by atoms with van der Waals surface area (Å²) in [4.78, 5) is 24.8. The second-order valence-corrected chi connectivity index (χ2v) is 6.62. The fraction of sp³-hybridized carbons (Fsp3) is 0.467. The minimum atomic E-state index is -0.0804. The van der Waals surface area contributed by atoms with E-state index in [2.05, 4.69) is 22.9 Å². The molecule has 1 aromatic carbocycles. The van der Waals surface area contributed by atoms with Crippen molar-refractivity contribution in [3.05, 3.63) is 23.8 Å². The number of fused-ring (bicyclic) bond motifs is 1. The van der Waals surface area contributed by atoms with Crippen LogP contribution in [0, 0.1) is 5.92 Å². The van der Waals surface area contributed by atoms with Crippen molar-refractivity contribution >= 4 is 41.7 Å². The summed E-state index contributed by atoms with van der Waals surface area (Å²) < 4.78 is 0. The van der Waals surface area contributed by atoms with Gasteiger partial charge in [0.2, 0.25) is 5.91 Å². The van der Waals surface area contributed by atoms with Gasteiger partial charge in [0.15, 0.2) is 0 Å². The fourth-order valence-corrected chi connectivity index (χ4v) is 3.45. The van der Waals surface area contributed by atoms with E-state index in [-0.39, 0.29) is 30.3 Å². The summed E-state index contributed by atoms with van der Waals surface area (Å²) in [7, 11) is 0. The van der Waals surface area contributed by atoms with Crippen molar-refractivity contribution in [2.45, 2.75) is 24.3 Å². The molecule has 3 N–H and O–H groups in total. The number of benzene rings is 1. The Morgan fingerprint density at radius 1 is 1.41 bits per heavy atom. The third-order valence-electron chi connectivity index (χ3n) is 4.02. The highest BCUT2D eigenvalue weighted by Crippen LogP contribution is 2.32. The first-order valence-corrected chi connectivity index (χ1v) is 8.20. The van der Waals surface area contributed by atoms with Gasteiger partial charge in [-0.25, -0.2) is 0 Å². The summed E-state index contributed by atoms with van der Waals surface area (Å²) in [6.45, 7) is 3.98. The summed E-state index contributed by atoms with van der Waals surface area (Å²) in [5, 5.41) is 9.20. The van der Waals surface area contributed by atoms with E-state index in [1.807, 2.05) is 12.1 Å². The van der Waals surface area contributed by atoms with Gasteiger partial charge in [0, 0.05) is 23.0 Å². The number of carbonyl (C=O) groups excluding carboxylic acids is 2. The number of rotatable bonds is 2. The first kappa shape index (κ1) is 17.1. The molecule has 120 valence electrons. The normalized spacial score (nSPS) is 23.8. The topological polar surface area (TPSA) is 70.2 Å². The van der Waals surface area contributed by atoms with Gasteiger partial charge >= 0.3 is 0 Å². The molecule has 2 unspecified atom stereocenters. The van der Waals surface area contributed by atoms with E-state index >= 15 is 0 Å². The molecule has 0 saturated carbocycles. The van der Waals surface area contributed by atoms with Crippen molar-refractivity contribution in [1.82, 2.24) is 10.6 Å². The lowest BCUT2D eigenvalue weighted by Crippen LogP contribution is -2.50. The summed E-state index contributed by atoms with van der Waals surface area (Å²) in [6, 6.07) is 5.64. The molecule has 5 nitrogen and oxygen atoms in total. The van der Waals surface area contributed by atoms with Crippen molar-refractivity contribution in [2.75, 3.05) is 24.2 Å². The Kier molecular flexibility index (Phi) is 5.72. The van der Waals surface area contributed by atoms with Gasteiger partial charge in [0.05, 0.1) is 11.4 Å². The highest BCUT2D eigenvalue weighted by molar-refractivity contribution is 8.00. The second-order valence-electron chi connectivity index (χ2n) is 5.60. The van der Waals surface area contributed by atoms with E-state index < -0.39 is 0 Å². The van der Waals surface area contributed by atoms with Gasteiger partial charge < -0.3 is 16.0 Å². The number of halogens is 1. The summed E-state index contributed by atoms with van der Waals surface area (Å²) in [6.07, 6.45) is 1.07. The molecule has 2 aliphatic heterocycles. The average Bonchev–Trinajstić information content (AvgIpc) is 2.48. The van der Waals surface area contributed by atoms with Crippen molar-refractivity contribution in [2.24, 2.45) is 5.92 Å². The number of carbonyl (C=O) groups is 2. The van der Waals surface area contributed by atoms with Gasteiger partial charge in [-0.05, 0) is 37.1 Å². The number of nitrogens with one attached hydrogen (secondary N) is 3. The number of hydrogen-bond acceptors (Lipinski definition) is 4. The maximum atomic E-state index is 12.4. The Morgan fingerprint density at radius 2 is 2.23 bits per heavy atom. The Morgan fingerprint density at radius 3 is 3.00 bits per heavy atom. The van der Waals surface area contributed by atoms with Crippen LogP contribution < -0.4 is 16.0 Å². The van der Waals surface area contributed by atoms with Crippen molar-refractivity contribution in [1.29, 1.82) is 0 Å². The number of anilines is 1. The van der Waals surface area contributed by atoms with Crippen LogP contribution in [0.3, 0.4) is 0 Å². The highest BCUT2D eigenvalue weighted by Gasteiger charge is 2.24. The summed E-state index contributed by atoms with van der Waals surface area (Å²) in [5.74, 6) is 0.811. The molecule has 2 aliphatic rings. The maximum absolute atomic E-state index is 12.4. The van der Waals surface area contributed by atoms with E-state index in [4.69, 9.17) is 0 Å². The van der Waals surface area contributed by atoms with E-state index in [0.717, 1.165) is 30.1 Å². The van der Waals surface area contributed by atoms with E-state index in [1.54, 1.807) is 6.07 Å². The van der Waals surface area contributed by atoms with Crippen LogP contribution in [0.5, 0.6) is 0 Å². The van der Waals surface area contributed by atoms with Crippen molar-refractivity contribution in [3.8, 4) is 0 Å². The molecule has 2 atom stereocenters. The first-order valence-electron chi connectivity index (χ1n) is 7.22. The molecule has 1 saturated heterocycles. The summed E-state index contributed by atoms with van der Waals surface area (Å²) >= 11 is 1.50. The highest BCUT2D eigenvalue weighted by atomic mass is 35.5. The number of amides is 2. The maximum Gasteiger partial charge on any atom is 0.251 e. The molecule has 3 rings (SSSR count). The fourth-order valence-electron chi connectivity index (χ4n) is 2.66. The van der Waals surface area contributed by atoms with Crippen molar-refractivity contribution in [3.63, 3.8) is 0 Å². The van der Waals surface area contributed by atoms with Crippen LogP contribution in [0.4, 0.5) is 5.69 Å². The Balaban J connectivity index is 0.00000176. The molecule has 0 aliphatic carbocycles. The van der Waals surface area contributed by atoms with Crippen molar-refractivity contribution < 1.29 is 9.59 Å². The van der Waals surface area contributed by atoms with Crippen LogP contribution in [-0.4, -0.2) is 36.7 Å². The summed E-state index contributed by atoms with van der Waals surface area (Å²) in [5.41, 5.74) is 1.33. The Bertz CT molecular complexity index is 582. The van der Waals surface area contributed by atoms with Crippen LogP contribution >= 0.6 is 24.2 Å².